The third-order valence-corrected chi connectivity index (χ3v) is 3.05. The molecule has 3 N–H and O–H groups in total. The topological polar surface area (TPSA) is 122 Å². The van der Waals surface area contributed by atoms with Crippen LogP contribution in [0.15, 0.2) is 35.4 Å². The van der Waals surface area contributed by atoms with E-state index in [4.69, 9.17) is 9.47 Å². The predicted molar refractivity (Wildman–Crippen MR) is 81.3 cm³/mol. The number of benzene rings is 1. The van der Waals surface area contributed by atoms with Gasteiger partial charge in [-0.1, -0.05) is 12.1 Å². The lowest BCUT2D eigenvalue weighted by Gasteiger charge is -2.07. The normalized spacial score (nSPS) is 10.5. The van der Waals surface area contributed by atoms with Crippen molar-refractivity contribution >= 4 is 23.2 Å². The van der Waals surface area contributed by atoms with Gasteiger partial charge in [0.25, 0.3) is 5.56 Å². The molecule has 23 heavy (non-hydrogen) atoms. The Balaban J connectivity index is 1.62. The van der Waals surface area contributed by atoms with Gasteiger partial charge < -0.3 is 14.5 Å². The monoisotopic (exact) mass is 315 g/mol. The van der Waals surface area contributed by atoms with E-state index in [0.717, 1.165) is 5.56 Å². The minimum Gasteiger partial charge on any atom is -0.497 e. The van der Waals surface area contributed by atoms with E-state index in [2.05, 4.69) is 25.3 Å². The van der Waals surface area contributed by atoms with Crippen LogP contribution in [0.5, 0.6) is 5.75 Å². The van der Waals surface area contributed by atoms with Crippen LogP contribution in [-0.4, -0.2) is 33.1 Å². The number of methoxy groups -OCH3 is 1. The van der Waals surface area contributed by atoms with Crippen molar-refractivity contribution < 1.29 is 14.3 Å². The fraction of sp³-hybridized carbons (Fsp3) is 0.143. The van der Waals surface area contributed by atoms with Crippen molar-refractivity contribution in [3.05, 3.63) is 46.5 Å². The number of ether oxygens (including phenoxy) is 2. The molecule has 0 radical (unpaired) electrons. The molecular formula is C14H13N5O4. The van der Waals surface area contributed by atoms with Crippen LogP contribution in [0.2, 0.25) is 0 Å². The number of aromatic amines is 2. The summed E-state index contributed by atoms with van der Waals surface area (Å²) >= 11 is 0. The molecule has 0 fully saturated rings. The van der Waals surface area contributed by atoms with E-state index in [1.807, 2.05) is 0 Å². The third kappa shape index (κ3) is 3.28. The molecule has 0 bridgehead atoms. The Morgan fingerprint density at radius 1 is 1.30 bits per heavy atom. The molecule has 0 saturated heterocycles. The van der Waals surface area contributed by atoms with E-state index in [0.29, 0.717) is 5.75 Å². The molecule has 0 saturated carbocycles. The highest BCUT2D eigenvalue weighted by atomic mass is 16.5. The third-order valence-electron chi connectivity index (χ3n) is 3.05. The van der Waals surface area contributed by atoms with E-state index in [1.54, 1.807) is 31.4 Å². The quantitative estimate of drug-likeness (QED) is 0.669. The number of imidazole rings is 1. The molecule has 1 aromatic carbocycles. The van der Waals surface area contributed by atoms with Crippen LogP contribution in [-0.2, 0) is 11.3 Å². The molecule has 3 aromatic rings. The van der Waals surface area contributed by atoms with Crippen LogP contribution in [0.25, 0.3) is 11.2 Å². The fourth-order valence-corrected chi connectivity index (χ4v) is 1.91. The maximum Gasteiger partial charge on any atom is 0.414 e. The number of aromatic nitrogens is 4. The Morgan fingerprint density at radius 2 is 2.09 bits per heavy atom. The minimum absolute atomic E-state index is 0.0330. The molecule has 0 aliphatic rings. The molecule has 0 atom stereocenters. The van der Waals surface area contributed by atoms with E-state index in [9.17, 15) is 9.59 Å². The van der Waals surface area contributed by atoms with E-state index < -0.39 is 11.7 Å². The summed E-state index contributed by atoms with van der Waals surface area (Å²) in [6.45, 7) is 0.0741. The maximum atomic E-state index is 11.7. The van der Waals surface area contributed by atoms with Gasteiger partial charge in [0.2, 0.25) is 5.95 Å². The molecule has 0 unspecified atom stereocenters. The van der Waals surface area contributed by atoms with Gasteiger partial charge in [0, 0.05) is 0 Å². The lowest BCUT2D eigenvalue weighted by Crippen LogP contribution is -2.19. The summed E-state index contributed by atoms with van der Waals surface area (Å²) in [4.78, 5) is 36.4. The summed E-state index contributed by atoms with van der Waals surface area (Å²) in [6.07, 6.45) is 0.609. The molecule has 0 aliphatic heterocycles. The van der Waals surface area contributed by atoms with Crippen LogP contribution in [0.1, 0.15) is 5.56 Å². The molecule has 2 heterocycles. The van der Waals surface area contributed by atoms with Crippen LogP contribution in [0.3, 0.4) is 0 Å². The Labute approximate surface area is 129 Å². The Morgan fingerprint density at radius 3 is 2.83 bits per heavy atom. The lowest BCUT2D eigenvalue weighted by atomic mass is 10.2. The zero-order valence-corrected chi connectivity index (χ0v) is 12.1. The highest BCUT2D eigenvalue weighted by Gasteiger charge is 2.09. The summed E-state index contributed by atoms with van der Waals surface area (Å²) in [7, 11) is 1.57. The number of nitrogens with one attached hydrogen (secondary N) is 3. The van der Waals surface area contributed by atoms with Crippen LogP contribution >= 0.6 is 0 Å². The minimum atomic E-state index is -0.737. The molecule has 118 valence electrons. The van der Waals surface area contributed by atoms with Crippen molar-refractivity contribution in [3.8, 4) is 5.75 Å². The Hall–Kier alpha value is -3.36. The number of anilines is 1. The van der Waals surface area contributed by atoms with Gasteiger partial charge in [-0.2, -0.15) is 4.98 Å². The van der Waals surface area contributed by atoms with Crippen molar-refractivity contribution in [2.45, 2.75) is 6.61 Å². The summed E-state index contributed by atoms with van der Waals surface area (Å²) in [5.41, 5.74) is 0.810. The largest absolute Gasteiger partial charge is 0.497 e. The van der Waals surface area contributed by atoms with E-state index in [1.165, 1.54) is 6.33 Å². The number of H-pyrrole nitrogens is 2. The van der Waals surface area contributed by atoms with Crippen molar-refractivity contribution in [2.24, 2.45) is 0 Å². The highest BCUT2D eigenvalue weighted by molar-refractivity contribution is 5.83. The number of hydrogen-bond acceptors (Lipinski definition) is 6. The molecule has 2 aromatic heterocycles. The van der Waals surface area contributed by atoms with Crippen LogP contribution < -0.4 is 15.6 Å². The van der Waals surface area contributed by atoms with E-state index in [-0.39, 0.29) is 23.7 Å². The summed E-state index contributed by atoms with van der Waals surface area (Å²) in [5.74, 6) is 0.682. The first-order chi connectivity index (χ1) is 11.2. The van der Waals surface area contributed by atoms with Gasteiger partial charge in [-0.25, -0.2) is 9.78 Å². The zero-order valence-electron chi connectivity index (χ0n) is 12.1. The summed E-state index contributed by atoms with van der Waals surface area (Å²) in [5, 5.41) is 2.35. The molecule has 0 aliphatic carbocycles. The average molecular weight is 315 g/mol. The van der Waals surface area contributed by atoms with Gasteiger partial charge in [0.1, 0.15) is 12.4 Å². The number of carbonyl (C=O) groups excluding carboxylic acids is 1. The standard InChI is InChI=1S/C14H13N5O4/c1-22-9-4-2-8(3-5-9)6-23-14(21)19-13-17-11-10(12(20)18-13)15-7-16-11/h2-5,7H,6H2,1H3,(H3,15,16,17,18,19,20,21). The summed E-state index contributed by atoms with van der Waals surface area (Å²) < 4.78 is 10.1. The molecule has 9 heteroatoms. The number of nitrogens with zero attached hydrogens (tertiary/aromatic N) is 2. The predicted octanol–water partition coefficient (Wildman–Crippen LogP) is 1.40. The van der Waals surface area contributed by atoms with E-state index >= 15 is 0 Å². The first-order valence-electron chi connectivity index (χ1n) is 6.66. The second-order valence-electron chi connectivity index (χ2n) is 4.56. The zero-order chi connectivity index (χ0) is 16.2. The van der Waals surface area contributed by atoms with Gasteiger partial charge in [0.05, 0.1) is 13.4 Å². The first kappa shape index (κ1) is 14.6. The van der Waals surface area contributed by atoms with Crippen molar-refractivity contribution in [1.29, 1.82) is 0 Å². The Kier molecular flexibility index (Phi) is 3.91. The maximum absolute atomic E-state index is 11.7. The first-order valence-corrected chi connectivity index (χ1v) is 6.66. The lowest BCUT2D eigenvalue weighted by molar-refractivity contribution is 0.155. The number of hydrogen-bond donors (Lipinski definition) is 3. The Bertz CT molecular complexity index is 884. The molecule has 9 nitrogen and oxygen atoms in total. The van der Waals surface area contributed by atoms with Crippen molar-refractivity contribution in [2.75, 3.05) is 12.4 Å². The van der Waals surface area contributed by atoms with Gasteiger partial charge in [-0.15, -0.1) is 0 Å². The van der Waals surface area contributed by atoms with Crippen molar-refractivity contribution in [1.82, 2.24) is 19.9 Å². The molecule has 3 rings (SSSR count). The highest BCUT2D eigenvalue weighted by Crippen LogP contribution is 2.12. The second-order valence-corrected chi connectivity index (χ2v) is 4.56. The molecular weight excluding hydrogens is 302 g/mol. The van der Waals surface area contributed by atoms with Gasteiger partial charge in [0.15, 0.2) is 11.2 Å². The number of rotatable bonds is 4. The number of fused-ring (bicyclic) bond motifs is 1. The van der Waals surface area contributed by atoms with Crippen molar-refractivity contribution in [3.63, 3.8) is 0 Å². The van der Waals surface area contributed by atoms with Gasteiger partial charge in [-0.05, 0) is 17.7 Å². The smallest absolute Gasteiger partial charge is 0.414 e. The van der Waals surface area contributed by atoms with Gasteiger partial charge >= 0.3 is 6.09 Å². The SMILES string of the molecule is COc1ccc(COC(=O)Nc2nc3nc[nH]c3c(=O)[nH]2)cc1. The van der Waals surface area contributed by atoms with Gasteiger partial charge in [-0.3, -0.25) is 15.1 Å². The molecule has 0 spiro atoms. The van der Waals surface area contributed by atoms with Crippen LogP contribution in [0.4, 0.5) is 10.7 Å². The van der Waals surface area contributed by atoms with Crippen LogP contribution in [0, 0.1) is 0 Å². The molecule has 1 amide bonds. The number of carbonyl (C=O) groups is 1. The second kappa shape index (κ2) is 6.18. The number of amides is 1. The fourth-order valence-electron chi connectivity index (χ4n) is 1.91. The average Bonchev–Trinajstić information content (AvgIpc) is 3.02. The summed E-state index contributed by atoms with van der Waals surface area (Å²) in [6, 6.07) is 7.09.